The molecule has 0 radical (unpaired) electrons. The normalized spacial score (nSPS) is 17.3. The number of hydrogen-bond donors (Lipinski definition) is 0. The third-order valence-electron chi connectivity index (χ3n) is 5.96. The molecule has 1 aliphatic heterocycles. The fraction of sp³-hybridized carbons (Fsp3) is 0.435. The van der Waals surface area contributed by atoms with Gasteiger partial charge in [0.05, 0.1) is 11.9 Å². The second-order valence-electron chi connectivity index (χ2n) is 8.33. The Bertz CT molecular complexity index is 1030. The van der Waals surface area contributed by atoms with E-state index in [0.717, 1.165) is 60.3 Å². The predicted molar refractivity (Wildman–Crippen MR) is 122 cm³/mol. The third kappa shape index (κ3) is 4.35. The summed E-state index contributed by atoms with van der Waals surface area (Å²) in [6, 6.07) is 7.97. The van der Waals surface area contributed by atoms with E-state index in [1.165, 1.54) is 11.3 Å². The largest absolute Gasteiger partial charge is 0.347 e. The lowest BCUT2D eigenvalue weighted by Gasteiger charge is -2.33. The maximum atomic E-state index is 6.28. The first-order chi connectivity index (χ1) is 14.4. The van der Waals surface area contributed by atoms with Gasteiger partial charge in [0, 0.05) is 68.2 Å². The van der Waals surface area contributed by atoms with Crippen molar-refractivity contribution < 1.29 is 0 Å². The average Bonchev–Trinajstić information content (AvgIpc) is 3.05. The fourth-order valence-electron chi connectivity index (χ4n) is 4.15. The zero-order chi connectivity index (χ0) is 21.3. The van der Waals surface area contributed by atoms with Gasteiger partial charge in [-0.3, -0.25) is 9.58 Å². The summed E-state index contributed by atoms with van der Waals surface area (Å²) in [6.45, 7) is 5.14. The summed E-state index contributed by atoms with van der Waals surface area (Å²) in [5.74, 6) is 1.10. The number of benzene rings is 1. The molecule has 0 spiro atoms. The van der Waals surface area contributed by atoms with Crippen molar-refractivity contribution in [2.45, 2.75) is 32.2 Å². The van der Waals surface area contributed by atoms with Crippen LogP contribution in [0.25, 0.3) is 11.1 Å². The van der Waals surface area contributed by atoms with E-state index >= 15 is 0 Å². The van der Waals surface area contributed by atoms with Crippen LogP contribution in [0.3, 0.4) is 0 Å². The predicted octanol–water partition coefficient (Wildman–Crippen LogP) is 4.28. The van der Waals surface area contributed by atoms with Crippen molar-refractivity contribution in [3.05, 3.63) is 58.6 Å². The van der Waals surface area contributed by atoms with Gasteiger partial charge >= 0.3 is 0 Å². The Balaban J connectivity index is 1.65. The maximum Gasteiger partial charge on any atom is 0.225 e. The van der Waals surface area contributed by atoms with Crippen molar-refractivity contribution >= 4 is 17.5 Å². The summed E-state index contributed by atoms with van der Waals surface area (Å²) in [4.78, 5) is 14.1. The van der Waals surface area contributed by atoms with Gasteiger partial charge in [-0.15, -0.1) is 0 Å². The van der Waals surface area contributed by atoms with E-state index in [1.807, 2.05) is 61.3 Å². The number of hydrogen-bond acceptors (Lipinski definition) is 5. The number of nitrogens with zero attached hydrogens (tertiary/aromatic N) is 6. The molecule has 0 aliphatic carbocycles. The van der Waals surface area contributed by atoms with Crippen LogP contribution in [0.15, 0.2) is 36.7 Å². The minimum absolute atomic E-state index is 0.353. The van der Waals surface area contributed by atoms with Crippen LogP contribution in [0.2, 0.25) is 5.02 Å². The van der Waals surface area contributed by atoms with E-state index in [1.54, 1.807) is 0 Å². The van der Waals surface area contributed by atoms with E-state index in [0.29, 0.717) is 5.92 Å². The zero-order valence-corrected chi connectivity index (χ0v) is 18.9. The van der Waals surface area contributed by atoms with E-state index in [-0.39, 0.29) is 0 Å². The number of anilines is 1. The lowest BCUT2D eigenvalue weighted by molar-refractivity contribution is 0.198. The smallest absolute Gasteiger partial charge is 0.225 e. The molecule has 1 unspecified atom stereocenters. The van der Waals surface area contributed by atoms with Crippen molar-refractivity contribution in [2.24, 2.45) is 7.05 Å². The second kappa shape index (κ2) is 8.74. The standard InChI is InChI=1S/C23H29ClN6/c1-16-19(12-26-29(16)4)15-30-10-6-8-18(14-30)22-21(13-25-23(27-22)28(2)3)17-7-5-9-20(24)11-17/h5,7,9,11-13,18H,6,8,10,14-15H2,1-4H3. The van der Waals surface area contributed by atoms with Crippen LogP contribution >= 0.6 is 11.6 Å². The first kappa shape index (κ1) is 20.8. The van der Waals surface area contributed by atoms with Gasteiger partial charge in [0.15, 0.2) is 0 Å². The minimum atomic E-state index is 0.353. The molecule has 4 rings (SSSR count). The van der Waals surface area contributed by atoms with E-state index in [2.05, 4.69) is 28.0 Å². The Hall–Kier alpha value is -2.44. The second-order valence-corrected chi connectivity index (χ2v) is 8.76. The Morgan fingerprint density at radius 2 is 2.07 bits per heavy atom. The first-order valence-corrected chi connectivity index (χ1v) is 10.8. The SMILES string of the molecule is Cc1c(CN2CCCC(c3nc(N(C)C)ncc3-c3cccc(Cl)c3)C2)cnn1C. The molecule has 0 amide bonds. The molecule has 0 N–H and O–H groups in total. The summed E-state index contributed by atoms with van der Waals surface area (Å²) in [7, 11) is 5.96. The maximum absolute atomic E-state index is 6.28. The van der Waals surface area contributed by atoms with E-state index in [4.69, 9.17) is 16.6 Å². The minimum Gasteiger partial charge on any atom is -0.347 e. The number of piperidine rings is 1. The Morgan fingerprint density at radius 3 is 2.77 bits per heavy atom. The summed E-state index contributed by atoms with van der Waals surface area (Å²) < 4.78 is 1.95. The molecule has 1 aliphatic rings. The topological polar surface area (TPSA) is 50.1 Å². The van der Waals surface area contributed by atoms with Crippen LogP contribution in [0, 0.1) is 6.92 Å². The van der Waals surface area contributed by atoms with Gasteiger partial charge in [0.2, 0.25) is 5.95 Å². The summed E-state index contributed by atoms with van der Waals surface area (Å²) in [6.07, 6.45) is 6.22. The van der Waals surface area contributed by atoms with Gasteiger partial charge in [0.1, 0.15) is 0 Å². The van der Waals surface area contributed by atoms with Crippen molar-refractivity contribution in [2.75, 3.05) is 32.1 Å². The molecule has 30 heavy (non-hydrogen) atoms. The quantitative estimate of drug-likeness (QED) is 0.611. The molecule has 1 aromatic carbocycles. The molecular weight excluding hydrogens is 396 g/mol. The van der Waals surface area contributed by atoms with Crippen LogP contribution < -0.4 is 4.90 Å². The van der Waals surface area contributed by atoms with Crippen LogP contribution in [0.5, 0.6) is 0 Å². The van der Waals surface area contributed by atoms with Crippen LogP contribution in [0.1, 0.15) is 35.7 Å². The molecule has 1 saturated heterocycles. The Morgan fingerprint density at radius 1 is 1.23 bits per heavy atom. The van der Waals surface area contributed by atoms with Gasteiger partial charge in [-0.1, -0.05) is 23.7 Å². The molecule has 7 heteroatoms. The first-order valence-electron chi connectivity index (χ1n) is 10.4. The molecule has 1 fully saturated rings. The highest BCUT2D eigenvalue weighted by Gasteiger charge is 2.26. The molecule has 6 nitrogen and oxygen atoms in total. The number of halogens is 1. The molecule has 0 bridgehead atoms. The summed E-state index contributed by atoms with van der Waals surface area (Å²) in [5.41, 5.74) is 5.79. The molecular formula is C23H29ClN6. The van der Waals surface area contributed by atoms with E-state index < -0.39 is 0 Å². The van der Waals surface area contributed by atoms with Gasteiger partial charge in [0.25, 0.3) is 0 Å². The molecule has 158 valence electrons. The number of aromatic nitrogens is 4. The fourth-order valence-corrected chi connectivity index (χ4v) is 4.34. The highest BCUT2D eigenvalue weighted by atomic mass is 35.5. The molecule has 3 aromatic rings. The molecule has 1 atom stereocenters. The zero-order valence-electron chi connectivity index (χ0n) is 18.1. The van der Waals surface area contributed by atoms with Crippen molar-refractivity contribution in [3.63, 3.8) is 0 Å². The van der Waals surface area contributed by atoms with E-state index in [9.17, 15) is 0 Å². The molecule has 0 saturated carbocycles. The van der Waals surface area contributed by atoms with Crippen LogP contribution in [0.4, 0.5) is 5.95 Å². The third-order valence-corrected chi connectivity index (χ3v) is 6.20. The monoisotopic (exact) mass is 424 g/mol. The highest BCUT2D eigenvalue weighted by molar-refractivity contribution is 6.30. The molecule has 3 heterocycles. The van der Waals surface area contributed by atoms with Crippen molar-refractivity contribution in [1.29, 1.82) is 0 Å². The van der Waals surface area contributed by atoms with Crippen LogP contribution in [-0.4, -0.2) is 51.8 Å². The van der Waals surface area contributed by atoms with Crippen molar-refractivity contribution in [1.82, 2.24) is 24.6 Å². The Labute approximate surface area is 183 Å². The number of rotatable bonds is 5. The molecule has 2 aromatic heterocycles. The lowest BCUT2D eigenvalue weighted by Crippen LogP contribution is -2.34. The van der Waals surface area contributed by atoms with Crippen molar-refractivity contribution in [3.8, 4) is 11.1 Å². The Kier molecular flexibility index (Phi) is 6.06. The summed E-state index contributed by atoms with van der Waals surface area (Å²) >= 11 is 6.28. The number of likely N-dealkylation sites (tertiary alicyclic amines) is 1. The lowest BCUT2D eigenvalue weighted by atomic mass is 9.89. The average molecular weight is 425 g/mol. The van der Waals surface area contributed by atoms with Crippen LogP contribution in [-0.2, 0) is 13.6 Å². The number of aryl methyl sites for hydroxylation is 1. The van der Waals surface area contributed by atoms with Gasteiger partial charge in [-0.25, -0.2) is 9.97 Å². The van der Waals surface area contributed by atoms with Gasteiger partial charge in [-0.2, -0.15) is 5.10 Å². The summed E-state index contributed by atoms with van der Waals surface area (Å²) in [5, 5.41) is 5.13. The highest BCUT2D eigenvalue weighted by Crippen LogP contribution is 2.35. The van der Waals surface area contributed by atoms with Gasteiger partial charge < -0.3 is 4.90 Å². The van der Waals surface area contributed by atoms with Gasteiger partial charge in [-0.05, 0) is 44.0 Å².